The monoisotopic (exact) mass is 212 g/mol. The molecule has 14 heavy (non-hydrogen) atoms. The van der Waals surface area contributed by atoms with Gasteiger partial charge in [0.05, 0.1) is 4.88 Å². The van der Waals surface area contributed by atoms with E-state index in [2.05, 4.69) is 12.3 Å². The van der Waals surface area contributed by atoms with Gasteiger partial charge in [-0.2, -0.15) is 0 Å². The van der Waals surface area contributed by atoms with Crippen molar-refractivity contribution in [3.8, 4) is 0 Å². The van der Waals surface area contributed by atoms with Crippen LogP contribution in [0.2, 0.25) is 0 Å². The molecule has 3 nitrogen and oxygen atoms in total. The van der Waals surface area contributed by atoms with Crippen molar-refractivity contribution < 1.29 is 4.79 Å². The normalized spacial score (nSPS) is 10.1. The van der Waals surface area contributed by atoms with Crippen LogP contribution in [0.5, 0.6) is 0 Å². The van der Waals surface area contributed by atoms with Gasteiger partial charge in [-0.1, -0.05) is 19.8 Å². The lowest BCUT2D eigenvalue weighted by molar-refractivity contribution is 0.0957. The van der Waals surface area contributed by atoms with Gasteiger partial charge in [-0.05, 0) is 29.9 Å². The summed E-state index contributed by atoms with van der Waals surface area (Å²) in [7, 11) is 0. The average molecular weight is 212 g/mol. The first-order chi connectivity index (χ1) is 6.77. The van der Waals surface area contributed by atoms with E-state index < -0.39 is 0 Å². The minimum absolute atomic E-state index is 0.197. The molecular weight excluding hydrogens is 196 g/mol. The number of hydrogen-bond donors (Lipinski definition) is 2. The Bertz CT molecular complexity index is 296. The highest BCUT2D eigenvalue weighted by Crippen LogP contribution is 2.16. The number of thiophene rings is 1. The molecule has 0 radical (unpaired) electrons. The van der Waals surface area contributed by atoms with E-state index in [9.17, 15) is 4.79 Å². The van der Waals surface area contributed by atoms with Crippen molar-refractivity contribution in [2.24, 2.45) is 5.84 Å². The third kappa shape index (κ3) is 3.12. The predicted octanol–water partition coefficient (Wildman–Crippen LogP) is 2.08. The molecule has 0 unspecified atom stereocenters. The Hall–Kier alpha value is -0.870. The quantitative estimate of drug-likeness (QED) is 0.340. The van der Waals surface area contributed by atoms with Crippen LogP contribution in [0.4, 0.5) is 0 Å². The second kappa shape index (κ2) is 5.78. The number of carbonyl (C=O) groups is 1. The van der Waals surface area contributed by atoms with Crippen LogP contribution in [0.25, 0.3) is 0 Å². The van der Waals surface area contributed by atoms with Gasteiger partial charge >= 0.3 is 0 Å². The van der Waals surface area contributed by atoms with Crippen molar-refractivity contribution in [1.82, 2.24) is 5.43 Å². The summed E-state index contributed by atoms with van der Waals surface area (Å²) in [6.07, 6.45) is 4.72. The van der Waals surface area contributed by atoms with Gasteiger partial charge in [0, 0.05) is 0 Å². The Morgan fingerprint density at radius 3 is 3.00 bits per heavy atom. The maximum Gasteiger partial charge on any atom is 0.275 e. The molecule has 0 fully saturated rings. The van der Waals surface area contributed by atoms with E-state index in [-0.39, 0.29) is 5.91 Å². The first kappa shape index (κ1) is 11.2. The van der Waals surface area contributed by atoms with Crippen LogP contribution in [-0.2, 0) is 6.42 Å². The zero-order chi connectivity index (χ0) is 10.4. The van der Waals surface area contributed by atoms with Crippen LogP contribution in [0.1, 0.15) is 41.4 Å². The molecule has 3 N–H and O–H groups in total. The Kier molecular flexibility index (Phi) is 4.62. The lowest BCUT2D eigenvalue weighted by Gasteiger charge is -1.95. The molecule has 0 aliphatic heterocycles. The number of carbonyl (C=O) groups excluding carboxylic acids is 1. The molecular formula is C10H16N2OS. The number of nitrogens with one attached hydrogen (secondary N) is 1. The Morgan fingerprint density at radius 2 is 2.36 bits per heavy atom. The molecule has 4 heteroatoms. The number of rotatable bonds is 5. The van der Waals surface area contributed by atoms with Crippen LogP contribution in [0, 0.1) is 0 Å². The fourth-order valence-electron chi connectivity index (χ4n) is 1.28. The molecule has 78 valence electrons. The van der Waals surface area contributed by atoms with Crippen molar-refractivity contribution in [3.05, 3.63) is 21.9 Å². The van der Waals surface area contributed by atoms with Gasteiger partial charge in [-0.25, -0.2) is 5.84 Å². The number of nitrogen functional groups attached to an aromatic ring is 1. The second-order valence-corrected chi connectivity index (χ2v) is 4.16. The molecule has 1 heterocycles. The van der Waals surface area contributed by atoms with Crippen molar-refractivity contribution >= 4 is 17.2 Å². The molecule has 0 bridgehead atoms. The molecule has 0 atom stereocenters. The van der Waals surface area contributed by atoms with Gasteiger partial charge in [-0.3, -0.25) is 10.2 Å². The number of hydrazine groups is 1. The molecule has 0 spiro atoms. The maximum atomic E-state index is 11.1. The molecule has 0 aromatic carbocycles. The second-order valence-electron chi connectivity index (χ2n) is 3.25. The molecule has 1 aromatic rings. The van der Waals surface area contributed by atoms with Crippen molar-refractivity contribution in [3.63, 3.8) is 0 Å². The average Bonchev–Trinajstić information content (AvgIpc) is 2.66. The largest absolute Gasteiger partial charge is 0.289 e. The molecule has 1 amide bonds. The van der Waals surface area contributed by atoms with Crippen molar-refractivity contribution in [1.29, 1.82) is 0 Å². The fourth-order valence-corrected chi connectivity index (χ4v) is 2.13. The summed E-state index contributed by atoms with van der Waals surface area (Å²) in [5.41, 5.74) is 3.37. The number of nitrogens with two attached hydrogens (primary N) is 1. The van der Waals surface area contributed by atoms with E-state index in [1.807, 2.05) is 11.4 Å². The zero-order valence-corrected chi connectivity index (χ0v) is 9.19. The summed E-state index contributed by atoms with van der Waals surface area (Å²) >= 11 is 1.45. The smallest absolute Gasteiger partial charge is 0.275 e. The first-order valence-electron chi connectivity index (χ1n) is 4.86. The van der Waals surface area contributed by atoms with Crippen LogP contribution < -0.4 is 11.3 Å². The molecule has 0 aliphatic carbocycles. The summed E-state index contributed by atoms with van der Waals surface area (Å²) < 4.78 is 0. The SMILES string of the molecule is CCCCCc1csc(C(=O)NN)c1. The number of unbranched alkanes of at least 4 members (excludes halogenated alkanes) is 2. The summed E-state index contributed by atoms with van der Waals surface area (Å²) in [5.74, 6) is 4.84. The van der Waals surface area contributed by atoms with Crippen molar-refractivity contribution in [2.45, 2.75) is 32.6 Å². The van der Waals surface area contributed by atoms with Crippen LogP contribution in [-0.4, -0.2) is 5.91 Å². The van der Waals surface area contributed by atoms with E-state index in [1.54, 1.807) is 0 Å². The third-order valence-electron chi connectivity index (χ3n) is 2.08. The lowest BCUT2D eigenvalue weighted by atomic mass is 10.1. The standard InChI is InChI=1S/C10H16N2OS/c1-2-3-4-5-8-6-9(14-7-8)10(13)12-11/h6-7H,2-5,11H2,1H3,(H,12,13). The topological polar surface area (TPSA) is 55.1 Å². The van der Waals surface area contributed by atoms with Crippen LogP contribution >= 0.6 is 11.3 Å². The van der Waals surface area contributed by atoms with Crippen LogP contribution in [0.3, 0.4) is 0 Å². The highest BCUT2D eigenvalue weighted by atomic mass is 32.1. The minimum atomic E-state index is -0.197. The maximum absolute atomic E-state index is 11.1. The van der Waals surface area contributed by atoms with Gasteiger partial charge in [0.2, 0.25) is 0 Å². The summed E-state index contributed by atoms with van der Waals surface area (Å²) in [6.45, 7) is 2.18. The molecule has 0 saturated heterocycles. The fraction of sp³-hybridized carbons (Fsp3) is 0.500. The summed E-state index contributed by atoms with van der Waals surface area (Å²) in [5, 5.41) is 2.03. The highest BCUT2D eigenvalue weighted by molar-refractivity contribution is 7.12. The number of amides is 1. The van der Waals surface area contributed by atoms with Gasteiger partial charge in [0.1, 0.15) is 0 Å². The first-order valence-corrected chi connectivity index (χ1v) is 5.74. The number of hydrogen-bond acceptors (Lipinski definition) is 3. The Morgan fingerprint density at radius 1 is 1.57 bits per heavy atom. The molecule has 0 saturated carbocycles. The summed E-state index contributed by atoms with van der Waals surface area (Å²) in [4.78, 5) is 11.8. The third-order valence-corrected chi connectivity index (χ3v) is 3.06. The van der Waals surface area contributed by atoms with Crippen LogP contribution in [0.15, 0.2) is 11.4 Å². The van der Waals surface area contributed by atoms with E-state index in [0.29, 0.717) is 4.88 Å². The van der Waals surface area contributed by atoms with Gasteiger partial charge in [-0.15, -0.1) is 11.3 Å². The Balaban J connectivity index is 2.46. The lowest BCUT2D eigenvalue weighted by Crippen LogP contribution is -2.29. The van der Waals surface area contributed by atoms with Gasteiger partial charge < -0.3 is 0 Å². The predicted molar refractivity (Wildman–Crippen MR) is 59.2 cm³/mol. The highest BCUT2D eigenvalue weighted by Gasteiger charge is 2.06. The zero-order valence-electron chi connectivity index (χ0n) is 8.38. The molecule has 1 rings (SSSR count). The van der Waals surface area contributed by atoms with Crippen molar-refractivity contribution in [2.75, 3.05) is 0 Å². The van der Waals surface area contributed by atoms with E-state index in [1.165, 1.54) is 36.2 Å². The number of aryl methyl sites for hydroxylation is 1. The minimum Gasteiger partial charge on any atom is -0.289 e. The molecule has 1 aromatic heterocycles. The Labute approximate surface area is 88.3 Å². The van der Waals surface area contributed by atoms with E-state index >= 15 is 0 Å². The van der Waals surface area contributed by atoms with E-state index in [0.717, 1.165) is 6.42 Å². The van der Waals surface area contributed by atoms with E-state index in [4.69, 9.17) is 5.84 Å². The molecule has 0 aliphatic rings. The van der Waals surface area contributed by atoms with Gasteiger partial charge in [0.25, 0.3) is 5.91 Å². The summed E-state index contributed by atoms with van der Waals surface area (Å²) in [6, 6.07) is 1.92. The van der Waals surface area contributed by atoms with Gasteiger partial charge in [0.15, 0.2) is 0 Å².